The van der Waals surface area contributed by atoms with Crippen molar-refractivity contribution in [1.29, 1.82) is 0 Å². The largest absolute Gasteiger partial charge is 0.497 e. The number of hydrogen-bond donors (Lipinski definition) is 1. The Hall–Kier alpha value is -3.42. The minimum absolute atomic E-state index is 0.0470. The Morgan fingerprint density at radius 3 is 2.42 bits per heavy atom. The molecule has 0 aromatic heterocycles. The van der Waals surface area contributed by atoms with E-state index in [0.717, 1.165) is 0 Å². The number of ether oxygens (including phenoxy) is 1. The van der Waals surface area contributed by atoms with Crippen LogP contribution in [-0.2, 0) is 9.59 Å². The average Bonchev–Trinajstić information content (AvgIpc) is 3.04. The number of non-ortho nitro benzene ring substituents is 1. The van der Waals surface area contributed by atoms with Gasteiger partial charge in [-0.1, -0.05) is 0 Å². The zero-order chi connectivity index (χ0) is 18.7. The molecule has 2 aromatic carbocycles. The Kier molecular flexibility index (Phi) is 4.83. The molecule has 0 bridgehead atoms. The number of nitro benzene ring substituents is 1. The van der Waals surface area contributed by atoms with Gasteiger partial charge in [-0.15, -0.1) is 0 Å². The molecule has 1 fully saturated rings. The second-order valence-electron chi connectivity index (χ2n) is 5.90. The van der Waals surface area contributed by atoms with E-state index in [1.807, 2.05) is 0 Å². The lowest BCUT2D eigenvalue weighted by Gasteiger charge is -2.16. The standard InChI is InChI=1S/C18H17N3O5/c1-26-16-8-2-13(3-9-16)19-18(23)12-10-17(22)20(11-12)14-4-6-15(7-5-14)21(24)25/h2-9,12H,10-11H2,1H3,(H,19,23)/t12-/m1/s1. The first kappa shape index (κ1) is 17.4. The fourth-order valence-electron chi connectivity index (χ4n) is 2.81. The highest BCUT2D eigenvalue weighted by Crippen LogP contribution is 2.27. The predicted octanol–water partition coefficient (Wildman–Crippen LogP) is 2.60. The van der Waals surface area contributed by atoms with Crippen LogP contribution in [0.5, 0.6) is 5.75 Å². The van der Waals surface area contributed by atoms with Gasteiger partial charge in [-0.3, -0.25) is 19.7 Å². The Bertz CT molecular complexity index is 833. The van der Waals surface area contributed by atoms with E-state index in [9.17, 15) is 19.7 Å². The molecule has 2 amide bonds. The van der Waals surface area contributed by atoms with Crippen molar-refractivity contribution in [2.24, 2.45) is 5.92 Å². The van der Waals surface area contributed by atoms with Crippen LogP contribution in [0.3, 0.4) is 0 Å². The van der Waals surface area contributed by atoms with Gasteiger partial charge in [0.2, 0.25) is 11.8 Å². The molecule has 1 atom stereocenters. The summed E-state index contributed by atoms with van der Waals surface area (Å²) in [6.45, 7) is 0.235. The van der Waals surface area contributed by atoms with Crippen LogP contribution in [0.2, 0.25) is 0 Å². The highest BCUT2D eigenvalue weighted by atomic mass is 16.6. The number of benzene rings is 2. The van der Waals surface area contributed by atoms with E-state index in [0.29, 0.717) is 17.1 Å². The highest BCUT2D eigenvalue weighted by Gasteiger charge is 2.35. The SMILES string of the molecule is COc1ccc(NC(=O)[C@@H]2CC(=O)N(c3ccc([N+](=O)[O-])cc3)C2)cc1. The van der Waals surface area contributed by atoms with Gasteiger partial charge in [0.05, 0.1) is 18.0 Å². The van der Waals surface area contributed by atoms with Crippen LogP contribution in [0.1, 0.15) is 6.42 Å². The molecular formula is C18H17N3O5. The number of carbonyl (C=O) groups is 2. The molecule has 0 unspecified atom stereocenters. The maximum absolute atomic E-state index is 12.4. The molecule has 2 aromatic rings. The lowest BCUT2D eigenvalue weighted by atomic mass is 10.1. The summed E-state index contributed by atoms with van der Waals surface area (Å²) in [5.41, 5.74) is 1.12. The summed E-state index contributed by atoms with van der Waals surface area (Å²) in [5.74, 6) is -0.232. The van der Waals surface area contributed by atoms with Crippen molar-refractivity contribution in [2.45, 2.75) is 6.42 Å². The number of methoxy groups -OCH3 is 1. The van der Waals surface area contributed by atoms with Gasteiger partial charge in [0.15, 0.2) is 0 Å². The van der Waals surface area contributed by atoms with Gasteiger partial charge >= 0.3 is 0 Å². The third-order valence-corrected chi connectivity index (χ3v) is 4.23. The number of nitrogens with one attached hydrogen (secondary N) is 1. The molecule has 1 heterocycles. The maximum atomic E-state index is 12.4. The summed E-state index contributed by atoms with van der Waals surface area (Å²) in [6, 6.07) is 12.6. The van der Waals surface area contributed by atoms with Gasteiger partial charge < -0.3 is 15.0 Å². The van der Waals surface area contributed by atoms with Crippen molar-refractivity contribution >= 4 is 28.9 Å². The van der Waals surface area contributed by atoms with Crippen molar-refractivity contribution in [2.75, 3.05) is 23.9 Å². The molecule has 8 heteroatoms. The highest BCUT2D eigenvalue weighted by molar-refractivity contribution is 6.03. The quantitative estimate of drug-likeness (QED) is 0.656. The number of rotatable bonds is 5. The van der Waals surface area contributed by atoms with Crippen LogP contribution >= 0.6 is 0 Å². The van der Waals surface area contributed by atoms with Gasteiger partial charge in [0.25, 0.3) is 5.69 Å². The normalized spacial score (nSPS) is 16.4. The molecule has 1 aliphatic rings. The molecule has 134 valence electrons. The lowest BCUT2D eigenvalue weighted by Crippen LogP contribution is -2.28. The summed E-state index contributed by atoms with van der Waals surface area (Å²) in [5, 5.41) is 13.5. The number of anilines is 2. The number of nitrogens with zero attached hydrogens (tertiary/aromatic N) is 2. The molecule has 0 radical (unpaired) electrons. The molecule has 0 aliphatic carbocycles. The van der Waals surface area contributed by atoms with Crippen LogP contribution in [0.4, 0.5) is 17.1 Å². The molecular weight excluding hydrogens is 338 g/mol. The molecule has 26 heavy (non-hydrogen) atoms. The van der Waals surface area contributed by atoms with Crippen molar-refractivity contribution in [1.82, 2.24) is 0 Å². The van der Waals surface area contributed by atoms with E-state index >= 15 is 0 Å². The average molecular weight is 355 g/mol. The van der Waals surface area contributed by atoms with Crippen molar-refractivity contribution in [3.05, 3.63) is 58.6 Å². The summed E-state index contributed by atoms with van der Waals surface area (Å²) in [4.78, 5) is 36.4. The second-order valence-corrected chi connectivity index (χ2v) is 5.90. The third kappa shape index (κ3) is 3.64. The first-order valence-electron chi connectivity index (χ1n) is 7.97. The Labute approximate surface area is 149 Å². The fourth-order valence-corrected chi connectivity index (χ4v) is 2.81. The monoisotopic (exact) mass is 355 g/mol. The number of hydrogen-bond acceptors (Lipinski definition) is 5. The molecule has 1 aliphatic heterocycles. The maximum Gasteiger partial charge on any atom is 0.269 e. The molecule has 1 N–H and O–H groups in total. The van der Waals surface area contributed by atoms with Crippen molar-refractivity contribution in [3.8, 4) is 5.75 Å². The van der Waals surface area contributed by atoms with E-state index in [1.54, 1.807) is 31.4 Å². The van der Waals surface area contributed by atoms with E-state index in [4.69, 9.17) is 4.74 Å². The Morgan fingerprint density at radius 1 is 1.19 bits per heavy atom. The summed E-state index contributed by atoms with van der Waals surface area (Å²) >= 11 is 0. The van der Waals surface area contributed by atoms with Gasteiger partial charge in [-0.25, -0.2) is 0 Å². The van der Waals surface area contributed by atoms with Crippen LogP contribution in [0, 0.1) is 16.0 Å². The van der Waals surface area contributed by atoms with Crippen LogP contribution in [-0.4, -0.2) is 30.4 Å². The van der Waals surface area contributed by atoms with Crippen LogP contribution in [0.25, 0.3) is 0 Å². The summed E-state index contributed by atoms with van der Waals surface area (Å²) < 4.78 is 5.07. The number of carbonyl (C=O) groups excluding carboxylic acids is 2. The topological polar surface area (TPSA) is 102 Å². The Balaban J connectivity index is 1.66. The zero-order valence-electron chi connectivity index (χ0n) is 14.0. The van der Waals surface area contributed by atoms with E-state index in [1.165, 1.54) is 29.2 Å². The van der Waals surface area contributed by atoms with Gasteiger partial charge in [0, 0.05) is 36.5 Å². The predicted molar refractivity (Wildman–Crippen MR) is 95.2 cm³/mol. The van der Waals surface area contributed by atoms with Gasteiger partial charge in [0.1, 0.15) is 5.75 Å². The number of nitro groups is 1. The molecule has 0 saturated carbocycles. The van der Waals surface area contributed by atoms with E-state index in [2.05, 4.69) is 5.32 Å². The fraction of sp³-hybridized carbons (Fsp3) is 0.222. The first-order valence-corrected chi connectivity index (χ1v) is 7.97. The van der Waals surface area contributed by atoms with Crippen molar-refractivity contribution < 1.29 is 19.2 Å². The first-order chi connectivity index (χ1) is 12.5. The minimum atomic E-state index is -0.499. The zero-order valence-corrected chi connectivity index (χ0v) is 14.0. The second kappa shape index (κ2) is 7.22. The lowest BCUT2D eigenvalue weighted by molar-refractivity contribution is -0.384. The van der Waals surface area contributed by atoms with E-state index < -0.39 is 10.8 Å². The van der Waals surface area contributed by atoms with Gasteiger partial charge in [-0.05, 0) is 36.4 Å². The molecule has 8 nitrogen and oxygen atoms in total. The minimum Gasteiger partial charge on any atom is -0.497 e. The van der Waals surface area contributed by atoms with Crippen LogP contribution in [0.15, 0.2) is 48.5 Å². The Morgan fingerprint density at radius 2 is 1.85 bits per heavy atom. The van der Waals surface area contributed by atoms with Crippen molar-refractivity contribution in [3.63, 3.8) is 0 Å². The van der Waals surface area contributed by atoms with Gasteiger partial charge in [-0.2, -0.15) is 0 Å². The van der Waals surface area contributed by atoms with Crippen LogP contribution < -0.4 is 15.0 Å². The smallest absolute Gasteiger partial charge is 0.269 e. The molecule has 3 rings (SSSR count). The summed E-state index contributed by atoms with van der Waals surface area (Å²) in [7, 11) is 1.56. The summed E-state index contributed by atoms with van der Waals surface area (Å²) in [6.07, 6.45) is 0.0962. The molecule has 0 spiro atoms. The molecule has 1 saturated heterocycles. The van der Waals surface area contributed by atoms with E-state index in [-0.39, 0.29) is 30.5 Å². The third-order valence-electron chi connectivity index (χ3n) is 4.23. The number of amides is 2.